The lowest BCUT2D eigenvalue weighted by Gasteiger charge is -2.29. The van der Waals surface area contributed by atoms with E-state index in [0.29, 0.717) is 28.9 Å². The number of ketones is 2. The molecule has 0 unspecified atom stereocenters. The fraction of sp³-hybridized carbons (Fsp3) is 0.412. The number of rotatable bonds is 12. The lowest BCUT2D eigenvalue weighted by atomic mass is 9.87. The highest BCUT2D eigenvalue weighted by atomic mass is 16.5. The molecule has 3 aromatic carbocycles. The van der Waals surface area contributed by atoms with Crippen molar-refractivity contribution in [3.8, 4) is 11.5 Å². The van der Waals surface area contributed by atoms with Crippen molar-refractivity contribution in [3.05, 3.63) is 81.4 Å². The molecule has 3 aromatic rings. The Bertz CT molecular complexity index is 1340. The van der Waals surface area contributed by atoms with Crippen LogP contribution in [-0.4, -0.2) is 37.7 Å². The van der Waals surface area contributed by atoms with Gasteiger partial charge in [0.15, 0.2) is 17.3 Å². The topological polar surface area (TPSA) is 49.9 Å². The number of aryl methyl sites for hydroxylation is 2. The zero-order valence-corrected chi connectivity index (χ0v) is 25.2. The SMILES string of the molecule is CCC(=O)c1c(C)c(C(=O)c2cc(C)c(N(CC)CC)c(Oc3ccccc3)c2C)cc(C)c1N(CC)CC. The Morgan fingerprint density at radius 2 is 1.18 bits per heavy atom. The molecule has 0 amide bonds. The molecular formula is C34H44N2O3. The lowest BCUT2D eigenvalue weighted by Crippen LogP contribution is -2.26. The smallest absolute Gasteiger partial charge is 0.193 e. The number of ether oxygens (including phenoxy) is 1. The van der Waals surface area contributed by atoms with E-state index in [-0.39, 0.29) is 11.6 Å². The van der Waals surface area contributed by atoms with Crippen molar-refractivity contribution >= 4 is 22.9 Å². The predicted molar refractivity (Wildman–Crippen MR) is 164 cm³/mol. The summed E-state index contributed by atoms with van der Waals surface area (Å²) < 4.78 is 6.49. The van der Waals surface area contributed by atoms with Gasteiger partial charge in [-0.05, 0) is 96.3 Å². The van der Waals surface area contributed by atoms with Crippen LogP contribution in [0, 0.1) is 27.7 Å². The van der Waals surface area contributed by atoms with Gasteiger partial charge in [-0.2, -0.15) is 0 Å². The molecule has 0 aliphatic carbocycles. The van der Waals surface area contributed by atoms with Crippen LogP contribution in [0.25, 0.3) is 0 Å². The molecule has 3 rings (SSSR count). The fourth-order valence-electron chi connectivity index (χ4n) is 5.52. The molecule has 0 spiro atoms. The number of Topliss-reactive ketones (excluding diaryl/α,β-unsaturated/α-hetero) is 1. The molecule has 0 N–H and O–H groups in total. The highest BCUT2D eigenvalue weighted by Gasteiger charge is 2.28. The van der Waals surface area contributed by atoms with Crippen molar-refractivity contribution in [2.45, 2.75) is 68.7 Å². The summed E-state index contributed by atoms with van der Waals surface area (Å²) in [5.74, 6) is 1.40. The third kappa shape index (κ3) is 5.88. The normalized spacial score (nSPS) is 10.9. The van der Waals surface area contributed by atoms with E-state index in [9.17, 15) is 9.59 Å². The number of nitrogens with zero attached hydrogens (tertiary/aromatic N) is 2. The van der Waals surface area contributed by atoms with E-state index in [1.807, 2.05) is 77.1 Å². The molecular weight excluding hydrogens is 484 g/mol. The van der Waals surface area contributed by atoms with Gasteiger partial charge in [0, 0.05) is 54.9 Å². The van der Waals surface area contributed by atoms with Crippen LogP contribution >= 0.6 is 0 Å². The van der Waals surface area contributed by atoms with Crippen LogP contribution in [0.1, 0.15) is 89.6 Å². The molecule has 0 aliphatic rings. The molecule has 0 fully saturated rings. The summed E-state index contributed by atoms with van der Waals surface area (Å²) in [6.45, 7) is 21.5. The average molecular weight is 529 g/mol. The van der Waals surface area contributed by atoms with E-state index in [2.05, 4.69) is 37.5 Å². The zero-order valence-electron chi connectivity index (χ0n) is 25.2. The number of benzene rings is 3. The van der Waals surface area contributed by atoms with Crippen molar-refractivity contribution in [3.63, 3.8) is 0 Å². The second-order valence-corrected chi connectivity index (χ2v) is 10.00. The van der Waals surface area contributed by atoms with Crippen molar-refractivity contribution in [2.24, 2.45) is 0 Å². The van der Waals surface area contributed by atoms with Crippen molar-refractivity contribution in [1.82, 2.24) is 0 Å². The first-order valence-electron chi connectivity index (χ1n) is 14.2. The Labute approximate surface area is 234 Å². The number of hydrogen-bond acceptors (Lipinski definition) is 5. The van der Waals surface area contributed by atoms with Gasteiger partial charge < -0.3 is 14.5 Å². The van der Waals surface area contributed by atoms with E-state index in [0.717, 1.165) is 65.6 Å². The lowest BCUT2D eigenvalue weighted by molar-refractivity contribution is 0.0988. The Morgan fingerprint density at radius 3 is 1.69 bits per heavy atom. The molecule has 39 heavy (non-hydrogen) atoms. The number of carbonyl (C=O) groups is 2. The molecule has 0 saturated heterocycles. The number of carbonyl (C=O) groups excluding carboxylic acids is 2. The first-order valence-corrected chi connectivity index (χ1v) is 14.2. The maximum Gasteiger partial charge on any atom is 0.193 e. The fourth-order valence-corrected chi connectivity index (χ4v) is 5.52. The molecule has 5 nitrogen and oxygen atoms in total. The van der Waals surface area contributed by atoms with Crippen LogP contribution in [-0.2, 0) is 0 Å². The Kier molecular flexibility index (Phi) is 9.96. The Hall–Kier alpha value is -3.60. The van der Waals surface area contributed by atoms with E-state index in [4.69, 9.17) is 4.74 Å². The molecule has 0 aliphatic heterocycles. The molecule has 5 heteroatoms. The first kappa shape index (κ1) is 29.9. The van der Waals surface area contributed by atoms with Crippen LogP contribution in [0.4, 0.5) is 11.4 Å². The summed E-state index contributed by atoms with van der Waals surface area (Å²) >= 11 is 0. The van der Waals surface area contributed by atoms with Gasteiger partial charge in [0.1, 0.15) is 5.75 Å². The van der Waals surface area contributed by atoms with Gasteiger partial charge in [0.25, 0.3) is 0 Å². The summed E-state index contributed by atoms with van der Waals surface area (Å²) in [4.78, 5) is 32.0. The highest BCUT2D eigenvalue weighted by Crippen LogP contribution is 2.41. The van der Waals surface area contributed by atoms with Gasteiger partial charge in [0.2, 0.25) is 0 Å². The average Bonchev–Trinajstić information content (AvgIpc) is 2.94. The first-order chi connectivity index (χ1) is 18.6. The summed E-state index contributed by atoms with van der Waals surface area (Å²) in [6.07, 6.45) is 0.387. The quantitative estimate of drug-likeness (QED) is 0.222. The van der Waals surface area contributed by atoms with E-state index < -0.39 is 0 Å². The predicted octanol–water partition coefficient (Wildman–Crippen LogP) is 8.23. The largest absolute Gasteiger partial charge is 0.455 e. The standard InChI is InChI=1S/C34H44N2O3/c1-10-29(37)30-24(8)27(20-22(6)31(30)35(11-2)12-3)33(38)28-21-23(7)32(36(13-4)14-5)34(25(28)9)39-26-18-16-15-17-19-26/h15-21H,10-14H2,1-9H3. The van der Waals surface area contributed by atoms with E-state index >= 15 is 0 Å². The highest BCUT2D eigenvalue weighted by molar-refractivity contribution is 6.15. The van der Waals surface area contributed by atoms with Gasteiger partial charge in [-0.15, -0.1) is 0 Å². The maximum atomic E-state index is 14.3. The van der Waals surface area contributed by atoms with Crippen LogP contribution in [0.15, 0.2) is 42.5 Å². The molecule has 0 radical (unpaired) electrons. The van der Waals surface area contributed by atoms with Crippen LogP contribution < -0.4 is 14.5 Å². The molecule has 208 valence electrons. The zero-order chi connectivity index (χ0) is 28.9. The molecule has 0 bridgehead atoms. The van der Waals surface area contributed by atoms with Gasteiger partial charge in [-0.25, -0.2) is 0 Å². The minimum absolute atomic E-state index is 0.0602. The Morgan fingerprint density at radius 1 is 0.692 bits per heavy atom. The van der Waals surface area contributed by atoms with Crippen molar-refractivity contribution in [2.75, 3.05) is 36.0 Å². The van der Waals surface area contributed by atoms with E-state index in [1.165, 1.54) is 0 Å². The Balaban J connectivity index is 2.29. The summed E-state index contributed by atoms with van der Waals surface area (Å²) in [6, 6.07) is 13.6. The minimum Gasteiger partial charge on any atom is -0.455 e. The molecule has 0 aromatic heterocycles. The second kappa shape index (κ2) is 13.0. The summed E-state index contributed by atoms with van der Waals surface area (Å²) in [5, 5.41) is 0. The monoisotopic (exact) mass is 528 g/mol. The van der Waals surface area contributed by atoms with Gasteiger partial charge in [-0.1, -0.05) is 25.1 Å². The van der Waals surface area contributed by atoms with Crippen LogP contribution in [0.2, 0.25) is 0 Å². The van der Waals surface area contributed by atoms with Crippen molar-refractivity contribution < 1.29 is 14.3 Å². The molecule has 0 atom stereocenters. The second-order valence-electron chi connectivity index (χ2n) is 10.00. The number of anilines is 2. The third-order valence-electron chi connectivity index (χ3n) is 7.66. The van der Waals surface area contributed by atoms with Crippen molar-refractivity contribution in [1.29, 1.82) is 0 Å². The summed E-state index contributed by atoms with van der Waals surface area (Å²) in [7, 11) is 0. The number of hydrogen-bond donors (Lipinski definition) is 0. The van der Waals surface area contributed by atoms with Gasteiger partial charge >= 0.3 is 0 Å². The van der Waals surface area contributed by atoms with Gasteiger partial charge in [-0.3, -0.25) is 9.59 Å². The number of para-hydroxylation sites is 1. The van der Waals surface area contributed by atoms with E-state index in [1.54, 1.807) is 0 Å². The van der Waals surface area contributed by atoms with Gasteiger partial charge in [0.05, 0.1) is 11.4 Å². The molecule has 0 heterocycles. The van der Waals surface area contributed by atoms with Crippen LogP contribution in [0.3, 0.4) is 0 Å². The minimum atomic E-state index is -0.0866. The third-order valence-corrected chi connectivity index (χ3v) is 7.66. The van der Waals surface area contributed by atoms with Crippen LogP contribution in [0.5, 0.6) is 11.5 Å². The molecule has 0 saturated carbocycles. The summed E-state index contributed by atoms with van der Waals surface area (Å²) in [5.41, 5.74) is 7.25. The maximum absolute atomic E-state index is 14.3.